The summed E-state index contributed by atoms with van der Waals surface area (Å²) in [6, 6.07) is 0. The average Bonchev–Trinajstić information content (AvgIpc) is 2.83. The van der Waals surface area contributed by atoms with Gasteiger partial charge in [-0.15, -0.1) is 22.7 Å². The van der Waals surface area contributed by atoms with Crippen LogP contribution in [0.3, 0.4) is 0 Å². The Morgan fingerprint density at radius 3 is 2.50 bits per heavy atom. The van der Waals surface area contributed by atoms with Gasteiger partial charge in [0.15, 0.2) is 0 Å². The molecule has 1 saturated carbocycles. The summed E-state index contributed by atoms with van der Waals surface area (Å²) < 4.78 is 0. The summed E-state index contributed by atoms with van der Waals surface area (Å²) in [4.78, 5) is 10.8. The minimum Gasteiger partial charge on any atom is -0.249 e. The van der Waals surface area contributed by atoms with E-state index in [0.29, 0.717) is 5.92 Å². The average molecular weight is 335 g/mol. The molecule has 2 nitrogen and oxygen atoms in total. The van der Waals surface area contributed by atoms with Gasteiger partial charge in [0.05, 0.1) is 10.0 Å². The molecule has 0 saturated heterocycles. The molecule has 2 heterocycles. The first-order valence-electron chi connectivity index (χ1n) is 8.05. The molecule has 120 valence electrons. The zero-order chi connectivity index (χ0) is 16.1. The number of nitrogens with zero attached hydrogens (tertiary/aromatic N) is 2. The van der Waals surface area contributed by atoms with Crippen molar-refractivity contribution in [1.29, 1.82) is 0 Å². The molecule has 3 rings (SSSR count). The molecule has 1 fully saturated rings. The monoisotopic (exact) mass is 334 g/mol. The van der Waals surface area contributed by atoms with Crippen LogP contribution in [0.2, 0.25) is 0 Å². The lowest BCUT2D eigenvalue weighted by Crippen LogP contribution is -2.18. The van der Waals surface area contributed by atoms with E-state index in [-0.39, 0.29) is 10.8 Å². The fourth-order valence-electron chi connectivity index (χ4n) is 2.99. The van der Waals surface area contributed by atoms with Crippen molar-refractivity contribution in [2.75, 3.05) is 0 Å². The van der Waals surface area contributed by atoms with Crippen LogP contribution < -0.4 is 0 Å². The summed E-state index contributed by atoms with van der Waals surface area (Å²) in [5, 5.41) is 4.80. The van der Waals surface area contributed by atoms with Gasteiger partial charge in [-0.05, 0) is 31.1 Å². The highest BCUT2D eigenvalue weighted by molar-refractivity contribution is 7.11. The van der Waals surface area contributed by atoms with E-state index in [9.17, 15) is 0 Å². The van der Waals surface area contributed by atoms with E-state index in [1.807, 2.05) is 11.3 Å². The lowest BCUT2D eigenvalue weighted by molar-refractivity contribution is 0.440. The fourth-order valence-corrected chi connectivity index (χ4v) is 5.11. The zero-order valence-corrected chi connectivity index (χ0v) is 16.1. The van der Waals surface area contributed by atoms with E-state index < -0.39 is 0 Å². The molecule has 1 aliphatic rings. The van der Waals surface area contributed by atoms with E-state index in [1.54, 1.807) is 11.3 Å². The molecule has 0 radical (unpaired) electrons. The Morgan fingerprint density at radius 2 is 1.95 bits per heavy atom. The highest BCUT2D eigenvalue weighted by Crippen LogP contribution is 2.54. The molecular formula is C18H26N2S2. The van der Waals surface area contributed by atoms with Gasteiger partial charge in [-0.1, -0.05) is 34.6 Å². The maximum Gasteiger partial charge on any atom is 0.0984 e. The fraction of sp³-hybridized carbons (Fsp3) is 0.667. The first-order valence-corrected chi connectivity index (χ1v) is 9.75. The van der Waals surface area contributed by atoms with Crippen molar-refractivity contribution < 1.29 is 0 Å². The van der Waals surface area contributed by atoms with Crippen LogP contribution in [0.5, 0.6) is 0 Å². The van der Waals surface area contributed by atoms with E-state index in [1.165, 1.54) is 27.7 Å². The second kappa shape index (κ2) is 5.41. The van der Waals surface area contributed by atoms with E-state index in [4.69, 9.17) is 9.97 Å². The van der Waals surface area contributed by atoms with Gasteiger partial charge in [0.1, 0.15) is 0 Å². The molecule has 2 aromatic rings. The van der Waals surface area contributed by atoms with Crippen LogP contribution in [0.15, 0.2) is 11.6 Å². The molecule has 1 aliphatic carbocycles. The zero-order valence-electron chi connectivity index (χ0n) is 14.4. The number of hydrogen-bond donors (Lipinski definition) is 0. The van der Waals surface area contributed by atoms with Crippen LogP contribution in [-0.2, 0) is 10.8 Å². The molecule has 2 unspecified atom stereocenters. The highest BCUT2D eigenvalue weighted by atomic mass is 32.1. The standard InChI is InChI=1S/C18H26N2S2/c1-11-10-21-16(20-11)18(5,6)8-12-7-13(12)15-19-9-14(22-15)17(2,3)4/h9-10,12-13H,7-8H2,1-6H3. The van der Waals surface area contributed by atoms with Crippen LogP contribution in [-0.4, -0.2) is 9.97 Å². The Morgan fingerprint density at radius 1 is 1.23 bits per heavy atom. The maximum absolute atomic E-state index is 4.71. The topological polar surface area (TPSA) is 25.8 Å². The van der Waals surface area contributed by atoms with Gasteiger partial charge < -0.3 is 0 Å². The Kier molecular flexibility index (Phi) is 3.97. The lowest BCUT2D eigenvalue weighted by Gasteiger charge is -2.21. The van der Waals surface area contributed by atoms with Crippen LogP contribution in [0.1, 0.15) is 74.0 Å². The number of hydrogen-bond acceptors (Lipinski definition) is 4. The second-order valence-corrected chi connectivity index (χ2v) is 10.2. The summed E-state index contributed by atoms with van der Waals surface area (Å²) >= 11 is 3.72. The van der Waals surface area contributed by atoms with Gasteiger partial charge in [0.2, 0.25) is 0 Å². The number of aromatic nitrogens is 2. The lowest BCUT2D eigenvalue weighted by atomic mass is 9.87. The summed E-state index contributed by atoms with van der Waals surface area (Å²) in [6.45, 7) is 13.6. The summed E-state index contributed by atoms with van der Waals surface area (Å²) in [6.07, 6.45) is 4.60. The van der Waals surface area contributed by atoms with Gasteiger partial charge in [-0.3, -0.25) is 0 Å². The smallest absolute Gasteiger partial charge is 0.0984 e. The molecule has 0 bridgehead atoms. The Labute approximate surface area is 142 Å². The summed E-state index contributed by atoms with van der Waals surface area (Å²) in [5.41, 5.74) is 1.55. The molecule has 2 atom stereocenters. The molecule has 4 heteroatoms. The first kappa shape index (κ1) is 16.1. The highest BCUT2D eigenvalue weighted by Gasteiger charge is 2.44. The quantitative estimate of drug-likeness (QED) is 0.719. The molecule has 2 aromatic heterocycles. The normalized spacial score (nSPS) is 22.1. The predicted octanol–water partition coefficient (Wildman–Crippen LogP) is 5.68. The van der Waals surface area contributed by atoms with Crippen molar-refractivity contribution in [2.24, 2.45) is 5.92 Å². The molecule has 0 amide bonds. The largest absolute Gasteiger partial charge is 0.249 e. The predicted molar refractivity (Wildman–Crippen MR) is 96.2 cm³/mol. The maximum atomic E-state index is 4.71. The van der Waals surface area contributed by atoms with E-state index in [0.717, 1.165) is 11.6 Å². The number of thiazole rings is 2. The van der Waals surface area contributed by atoms with Crippen molar-refractivity contribution >= 4 is 22.7 Å². The van der Waals surface area contributed by atoms with Crippen molar-refractivity contribution in [3.8, 4) is 0 Å². The van der Waals surface area contributed by atoms with Crippen LogP contribution in [0, 0.1) is 12.8 Å². The molecule has 0 aromatic carbocycles. The van der Waals surface area contributed by atoms with Crippen LogP contribution in [0.25, 0.3) is 0 Å². The van der Waals surface area contributed by atoms with Gasteiger partial charge in [0, 0.05) is 33.5 Å². The second-order valence-electron chi connectivity index (χ2n) is 8.30. The van der Waals surface area contributed by atoms with E-state index in [2.05, 4.69) is 53.1 Å². The number of aryl methyl sites for hydroxylation is 1. The summed E-state index contributed by atoms with van der Waals surface area (Å²) in [5.74, 6) is 1.46. The first-order chi connectivity index (χ1) is 10.2. The van der Waals surface area contributed by atoms with Crippen molar-refractivity contribution in [2.45, 2.75) is 71.1 Å². The number of rotatable bonds is 4. The molecular weight excluding hydrogens is 308 g/mol. The molecule has 0 aliphatic heterocycles. The van der Waals surface area contributed by atoms with Crippen LogP contribution in [0.4, 0.5) is 0 Å². The SMILES string of the molecule is Cc1csc(C(C)(C)CC2CC2c2ncc(C(C)(C)C)s2)n1. The Hall–Kier alpha value is -0.740. The van der Waals surface area contributed by atoms with Crippen molar-refractivity contribution in [3.63, 3.8) is 0 Å². The third kappa shape index (κ3) is 3.28. The van der Waals surface area contributed by atoms with Gasteiger partial charge in [-0.25, -0.2) is 9.97 Å². The Bertz CT molecular complexity index is 661. The molecule has 22 heavy (non-hydrogen) atoms. The minimum absolute atomic E-state index is 0.183. The third-order valence-electron chi connectivity index (χ3n) is 4.47. The van der Waals surface area contributed by atoms with Crippen molar-refractivity contribution in [3.05, 3.63) is 32.2 Å². The van der Waals surface area contributed by atoms with Gasteiger partial charge in [-0.2, -0.15) is 0 Å². The molecule has 0 N–H and O–H groups in total. The summed E-state index contributed by atoms with van der Waals surface area (Å²) in [7, 11) is 0. The van der Waals surface area contributed by atoms with Crippen molar-refractivity contribution in [1.82, 2.24) is 9.97 Å². The van der Waals surface area contributed by atoms with Crippen LogP contribution >= 0.6 is 22.7 Å². The Balaban J connectivity index is 1.66. The van der Waals surface area contributed by atoms with Gasteiger partial charge in [0.25, 0.3) is 0 Å². The van der Waals surface area contributed by atoms with Gasteiger partial charge >= 0.3 is 0 Å². The third-order valence-corrected chi connectivity index (χ3v) is 7.35. The minimum atomic E-state index is 0.183. The van der Waals surface area contributed by atoms with E-state index >= 15 is 0 Å². The molecule has 0 spiro atoms.